The van der Waals surface area contributed by atoms with Gasteiger partial charge in [-0.2, -0.15) is 0 Å². The van der Waals surface area contributed by atoms with E-state index in [1.54, 1.807) is 6.54 Å². The molecule has 0 aromatic carbocycles. The number of rotatable bonds is 5. The summed E-state index contributed by atoms with van der Waals surface area (Å²) in [6.45, 7) is 5.41. The molecule has 0 saturated heterocycles. The van der Waals surface area contributed by atoms with Gasteiger partial charge in [0.05, 0.1) is 6.54 Å². The third-order valence-electron chi connectivity index (χ3n) is 1.13. The molecule has 0 heterocycles. The molecule has 0 atom stereocenters. The minimum absolute atomic E-state index is 0.815. The van der Waals surface area contributed by atoms with Crippen LogP contribution in [0.5, 0.6) is 0 Å². The van der Waals surface area contributed by atoms with Gasteiger partial charge in [0.25, 0.3) is 0 Å². The molecule has 0 radical (unpaired) electrons. The summed E-state index contributed by atoms with van der Waals surface area (Å²) in [5.41, 5.74) is 0. The third kappa shape index (κ3) is 9.21. The van der Waals surface area contributed by atoms with E-state index in [9.17, 15) is 0 Å². The van der Waals surface area contributed by atoms with E-state index in [1.807, 2.05) is 6.92 Å². The molecule has 0 amide bonds. The molecule has 0 aliphatic carbocycles. The Morgan fingerprint density at radius 3 is 2.73 bits per heavy atom. The van der Waals surface area contributed by atoms with Crippen LogP contribution in [0.15, 0.2) is 9.98 Å². The molecule has 0 saturated carbocycles. The lowest BCUT2D eigenvalue weighted by atomic mass is 10.4. The molecule has 0 unspecified atom stereocenters. The van der Waals surface area contributed by atoms with Crippen molar-refractivity contribution in [3.8, 4) is 0 Å². The molecule has 3 heteroatoms. The van der Waals surface area contributed by atoms with Crippen LogP contribution in [-0.4, -0.2) is 38.1 Å². The van der Waals surface area contributed by atoms with E-state index < -0.39 is 0 Å². The van der Waals surface area contributed by atoms with Crippen LogP contribution in [-0.2, 0) is 0 Å². The average Bonchev–Trinajstić information content (AvgIpc) is 1.96. The predicted octanol–water partition coefficient (Wildman–Crippen LogP) is 1.29. The Labute approximate surface area is 68.8 Å². The maximum atomic E-state index is 3.96. The van der Waals surface area contributed by atoms with Crippen molar-refractivity contribution >= 4 is 6.01 Å². The largest absolute Gasteiger partial charge is 0.342 e. The molecule has 11 heavy (non-hydrogen) atoms. The summed E-state index contributed by atoms with van der Waals surface area (Å²) in [7, 11) is 4.11. The zero-order valence-electron chi connectivity index (χ0n) is 7.54. The number of hydrogen-bond donors (Lipinski definition) is 0. The first-order valence-electron chi connectivity index (χ1n) is 3.81. The van der Waals surface area contributed by atoms with E-state index in [0.717, 1.165) is 19.5 Å². The van der Waals surface area contributed by atoms with Crippen LogP contribution in [0, 0.1) is 6.54 Å². The van der Waals surface area contributed by atoms with E-state index in [4.69, 9.17) is 0 Å². The van der Waals surface area contributed by atoms with Crippen LogP contribution in [0.4, 0.5) is 0 Å². The Morgan fingerprint density at radius 1 is 1.45 bits per heavy atom. The van der Waals surface area contributed by atoms with E-state index >= 15 is 0 Å². The van der Waals surface area contributed by atoms with Crippen molar-refractivity contribution < 1.29 is 0 Å². The maximum Gasteiger partial charge on any atom is 0.342 e. The lowest BCUT2D eigenvalue weighted by Gasteiger charge is -2.05. The van der Waals surface area contributed by atoms with Crippen molar-refractivity contribution in [3.05, 3.63) is 6.54 Å². The SMILES string of the molecule is C[CH+]N=C=NCCCN(C)C. The smallest absolute Gasteiger partial charge is 0.309 e. The van der Waals surface area contributed by atoms with Crippen LogP contribution >= 0.6 is 0 Å². The monoisotopic (exact) mass is 154 g/mol. The van der Waals surface area contributed by atoms with E-state index in [1.165, 1.54) is 0 Å². The molecule has 0 bridgehead atoms. The van der Waals surface area contributed by atoms with Gasteiger partial charge in [-0.25, -0.2) is 0 Å². The first kappa shape index (κ1) is 10.2. The molecule has 0 aliphatic heterocycles. The zero-order valence-corrected chi connectivity index (χ0v) is 7.54. The Morgan fingerprint density at radius 2 is 2.18 bits per heavy atom. The van der Waals surface area contributed by atoms with Gasteiger partial charge >= 0.3 is 6.01 Å². The average molecular weight is 154 g/mol. The molecule has 0 aliphatic rings. The van der Waals surface area contributed by atoms with Gasteiger partial charge in [0.2, 0.25) is 0 Å². The van der Waals surface area contributed by atoms with Crippen molar-refractivity contribution in [2.75, 3.05) is 27.2 Å². The van der Waals surface area contributed by atoms with Gasteiger partial charge < -0.3 is 4.90 Å². The van der Waals surface area contributed by atoms with Gasteiger partial charge in [-0.05, 0) is 27.1 Å². The fourth-order valence-electron chi connectivity index (χ4n) is 0.615. The van der Waals surface area contributed by atoms with Crippen molar-refractivity contribution in [1.29, 1.82) is 0 Å². The van der Waals surface area contributed by atoms with Crippen LogP contribution in [0.25, 0.3) is 0 Å². The van der Waals surface area contributed by atoms with Crippen LogP contribution in [0.1, 0.15) is 13.3 Å². The van der Waals surface area contributed by atoms with Crippen molar-refractivity contribution in [1.82, 2.24) is 4.90 Å². The van der Waals surface area contributed by atoms with Gasteiger partial charge in [0, 0.05) is 11.9 Å². The van der Waals surface area contributed by atoms with Gasteiger partial charge in [-0.15, -0.1) is 4.99 Å². The molecule has 0 rings (SSSR count). The van der Waals surface area contributed by atoms with Crippen molar-refractivity contribution in [3.63, 3.8) is 0 Å². The minimum atomic E-state index is 0.815. The molecule has 0 spiro atoms. The van der Waals surface area contributed by atoms with Crippen LogP contribution in [0.3, 0.4) is 0 Å². The lowest BCUT2D eigenvalue weighted by molar-refractivity contribution is 0.403. The summed E-state index contributed by atoms with van der Waals surface area (Å²) in [6.07, 6.45) is 1.07. The topological polar surface area (TPSA) is 28.0 Å². The summed E-state index contributed by atoms with van der Waals surface area (Å²) in [4.78, 5) is 9.83. The molecule has 62 valence electrons. The zero-order chi connectivity index (χ0) is 8.53. The lowest BCUT2D eigenvalue weighted by Crippen LogP contribution is -2.13. The highest BCUT2D eigenvalue weighted by Gasteiger charge is 1.88. The van der Waals surface area contributed by atoms with Gasteiger partial charge in [0.1, 0.15) is 6.54 Å². The molecule has 0 aromatic heterocycles. The van der Waals surface area contributed by atoms with Crippen LogP contribution in [0.2, 0.25) is 0 Å². The second kappa shape index (κ2) is 7.32. The molecular weight excluding hydrogens is 138 g/mol. The number of hydrogen-bond acceptors (Lipinski definition) is 3. The standard InChI is InChI=1S/C8H16N3/c1-4-9-8-10-6-5-7-11(2)3/h4H,5-7H2,1-3H3/q+1. The first-order chi connectivity index (χ1) is 5.27. The number of aliphatic imine (C=N–C) groups is 2. The highest BCUT2D eigenvalue weighted by molar-refractivity contribution is 5.41. The molecular formula is C8H16N3+. The second-order valence-corrected chi connectivity index (χ2v) is 2.53. The van der Waals surface area contributed by atoms with E-state index in [2.05, 4.69) is 35.0 Å². The molecule has 3 nitrogen and oxygen atoms in total. The maximum absolute atomic E-state index is 3.96. The van der Waals surface area contributed by atoms with Crippen molar-refractivity contribution in [2.45, 2.75) is 13.3 Å². The molecule has 0 aromatic rings. The van der Waals surface area contributed by atoms with Crippen molar-refractivity contribution in [2.24, 2.45) is 9.98 Å². The summed E-state index contributed by atoms with van der Waals surface area (Å²) in [5, 5.41) is 0. The molecule has 0 N–H and O–H groups in total. The fourth-order valence-corrected chi connectivity index (χ4v) is 0.615. The predicted molar refractivity (Wildman–Crippen MR) is 47.9 cm³/mol. The van der Waals surface area contributed by atoms with Crippen LogP contribution < -0.4 is 0 Å². The Bertz CT molecular complexity index is 134. The van der Waals surface area contributed by atoms with Gasteiger partial charge in [-0.1, -0.05) is 0 Å². The first-order valence-corrected chi connectivity index (χ1v) is 3.81. The Hall–Kier alpha value is -0.790. The summed E-state index contributed by atoms with van der Waals surface area (Å²) >= 11 is 0. The highest BCUT2D eigenvalue weighted by atomic mass is 15.0. The van der Waals surface area contributed by atoms with Gasteiger partial charge in [0.15, 0.2) is 0 Å². The summed E-state index contributed by atoms with van der Waals surface area (Å²) < 4.78 is 0. The highest BCUT2D eigenvalue weighted by Crippen LogP contribution is 1.82. The van der Waals surface area contributed by atoms with E-state index in [-0.39, 0.29) is 0 Å². The second-order valence-electron chi connectivity index (χ2n) is 2.53. The quantitative estimate of drug-likeness (QED) is 0.333. The Balaban J connectivity index is 3.20. The third-order valence-corrected chi connectivity index (χ3v) is 1.13. The fraction of sp³-hybridized carbons (Fsp3) is 0.750. The minimum Gasteiger partial charge on any atom is -0.309 e. The van der Waals surface area contributed by atoms with E-state index in [0.29, 0.717) is 0 Å². The van der Waals surface area contributed by atoms with Gasteiger partial charge in [-0.3, -0.25) is 0 Å². The Kier molecular flexibility index (Phi) is 6.79. The normalized spacial score (nSPS) is 9.09. The number of nitrogens with zero attached hydrogens (tertiary/aromatic N) is 3. The summed E-state index contributed by atoms with van der Waals surface area (Å²) in [5.74, 6) is 0. The summed E-state index contributed by atoms with van der Waals surface area (Å²) in [6, 6.07) is 2.58. The molecule has 0 fully saturated rings.